The van der Waals surface area contributed by atoms with Crippen LogP contribution in [0.1, 0.15) is 108 Å². The lowest BCUT2D eigenvalue weighted by atomic mass is 10.1. The molecule has 0 radical (unpaired) electrons. The molecule has 0 bridgehead atoms. The summed E-state index contributed by atoms with van der Waals surface area (Å²) in [6.45, 7) is 8.83. The van der Waals surface area contributed by atoms with Crippen molar-refractivity contribution < 1.29 is 28.8 Å². The van der Waals surface area contributed by atoms with Gasteiger partial charge in [-0.3, -0.25) is 52.3 Å². The van der Waals surface area contributed by atoms with Crippen LogP contribution in [0.3, 0.4) is 0 Å². The van der Waals surface area contributed by atoms with Gasteiger partial charge in [0.25, 0.3) is 17.7 Å². The molecular formula is C99H96N26O9. The fraction of sp³-hybridized carbons (Fsp3) is 0.212. The maximum atomic E-state index is 14.1. The van der Waals surface area contributed by atoms with Crippen molar-refractivity contribution in [2.24, 2.45) is 0 Å². The van der Waals surface area contributed by atoms with Crippen molar-refractivity contribution in [2.45, 2.75) is 85.1 Å². The van der Waals surface area contributed by atoms with Gasteiger partial charge >= 0.3 is 34.8 Å². The predicted octanol–water partition coefficient (Wildman–Crippen LogP) is 10.8. The van der Waals surface area contributed by atoms with Gasteiger partial charge in [-0.05, 0) is 258 Å². The number of nitrogen functional groups attached to an aromatic ring is 3. The number of hydrogen-bond acceptors (Lipinski definition) is 23. The van der Waals surface area contributed by atoms with Crippen molar-refractivity contribution in [2.75, 3.05) is 103 Å². The molecule has 1 aliphatic carbocycles. The van der Waals surface area contributed by atoms with Gasteiger partial charge in [0, 0.05) is 79.5 Å². The second kappa shape index (κ2) is 41.8. The fourth-order valence-electron chi connectivity index (χ4n) is 14.8. The summed E-state index contributed by atoms with van der Waals surface area (Å²) in [4.78, 5) is 165. The van der Waals surface area contributed by atoms with Crippen molar-refractivity contribution in [3.05, 3.63) is 284 Å². The molecule has 134 heavy (non-hydrogen) atoms. The number of benzene rings is 6. The summed E-state index contributed by atoms with van der Waals surface area (Å²) >= 11 is 0. The largest absolute Gasteiger partial charge is 0.382 e. The Balaban J connectivity index is 0.000000162. The molecule has 1 saturated carbocycles. The van der Waals surface area contributed by atoms with E-state index in [1.807, 2.05) is 62.4 Å². The minimum atomic E-state index is -0.455. The van der Waals surface area contributed by atoms with Crippen molar-refractivity contribution in [1.29, 1.82) is 0 Å². The third-order valence-corrected chi connectivity index (χ3v) is 21.8. The molecule has 16 rings (SSSR count). The van der Waals surface area contributed by atoms with E-state index in [1.54, 1.807) is 192 Å². The van der Waals surface area contributed by atoms with Gasteiger partial charge in [-0.25, -0.2) is 72.9 Å². The molecule has 35 nitrogen and oxygen atoms in total. The molecular weight excluding hydrogens is 1700 g/mol. The molecule has 0 aliphatic heterocycles. The standard InChI is InChI=1S/C35H35N9O3.C33H33N9O3.C31H28N8O3/c1-4-7-23-17-18-37-29(20-23)40-34(46)24-11-13-26(14-12-24)43-31-32(36)38-22-39-33(31)44(35(43)47)28-9-5-8-27(21-28)42(3)30(45)10-6-19-41(2)25-15-16-25;1-5-8-22-16-17-35-27(19-22)38-32(44)23-12-14-24(15-13-23)41-29-30(34)36-21-37-31(29)42(33(41)45)26-10-6-9-25(20-26)40(4)28(43)11-7-18-39(2)3;1-4-7-20-15-16-33-25(17-20)36-30(41)21-11-13-22(14-12-21)38-27-28(32)34-19-35-29(27)39(31(38)42)24-10-6-9-23(18-24)37(3)26(40)8-5-2/h5,8-9,11-14,17-18,20-22,25H,4,7,15-16,19H2,1-3H3,(H2,36,38,39)(H,37,40,46);6,9-10,12-17,19-21H,5,8,18H2,1-4H3,(H2,34,36,37)(H,35,38,44);6,9-19H,4,7H2,1-3H3,(H2,32,34,35)(H,33,36,41). The molecule has 35 heteroatoms. The molecule has 9 heterocycles. The first-order valence-electron chi connectivity index (χ1n) is 43.0. The Labute approximate surface area is 770 Å². The summed E-state index contributed by atoms with van der Waals surface area (Å²) in [5.41, 5.74) is 28.1. The third kappa shape index (κ3) is 21.0. The van der Waals surface area contributed by atoms with Crippen LogP contribution in [-0.4, -0.2) is 179 Å². The molecule has 15 aromatic rings. The molecule has 9 N–H and O–H groups in total. The lowest BCUT2D eigenvalue weighted by Gasteiger charge is -2.15. The molecule has 1 aliphatic rings. The first-order valence-corrected chi connectivity index (χ1v) is 43.0. The molecule has 0 unspecified atom stereocenters. The van der Waals surface area contributed by atoms with E-state index in [1.165, 1.54) is 73.9 Å². The zero-order valence-corrected chi connectivity index (χ0v) is 75.3. The van der Waals surface area contributed by atoms with Gasteiger partial charge in [-0.2, -0.15) is 0 Å². The van der Waals surface area contributed by atoms with Gasteiger partial charge in [0.1, 0.15) is 53.0 Å². The third-order valence-electron chi connectivity index (χ3n) is 21.8. The van der Waals surface area contributed by atoms with Crippen molar-refractivity contribution in [3.8, 4) is 69.6 Å². The number of fused-ring (bicyclic) bond motifs is 3. The Bertz CT molecular complexity index is 7400. The average Bonchev–Trinajstić information content (AvgIpc) is 1.60. The number of aryl methyl sites for hydroxylation is 3. The summed E-state index contributed by atoms with van der Waals surface area (Å²) < 4.78 is 8.42. The normalized spacial score (nSPS) is 11.4. The second-order valence-corrected chi connectivity index (χ2v) is 31.6. The number of nitrogens with one attached hydrogen (secondary N) is 3. The Hall–Kier alpha value is -17.4. The van der Waals surface area contributed by atoms with Gasteiger partial charge < -0.3 is 47.9 Å². The first-order chi connectivity index (χ1) is 64.7. The molecule has 1 fully saturated rings. The van der Waals surface area contributed by atoms with E-state index < -0.39 is 17.1 Å². The number of rotatable bonds is 24. The summed E-state index contributed by atoms with van der Waals surface area (Å²) in [7, 11) is 10.6. The zero-order valence-electron chi connectivity index (χ0n) is 75.3. The van der Waals surface area contributed by atoms with Crippen LogP contribution in [0.2, 0.25) is 0 Å². The Morgan fingerprint density at radius 3 is 0.970 bits per heavy atom. The first kappa shape index (κ1) is 92.8. The van der Waals surface area contributed by atoms with E-state index in [0.29, 0.717) is 121 Å². The summed E-state index contributed by atoms with van der Waals surface area (Å²) in [5.74, 6) is 15.9. The number of carbonyl (C=O) groups is 6. The van der Waals surface area contributed by atoms with E-state index in [-0.39, 0.29) is 69.8 Å². The van der Waals surface area contributed by atoms with E-state index in [4.69, 9.17) is 17.2 Å². The highest BCUT2D eigenvalue weighted by atomic mass is 16.2. The zero-order chi connectivity index (χ0) is 95.0. The van der Waals surface area contributed by atoms with Gasteiger partial charge in [-0.15, -0.1) is 0 Å². The minimum Gasteiger partial charge on any atom is -0.382 e. The van der Waals surface area contributed by atoms with Crippen LogP contribution in [-0.2, 0) is 33.6 Å². The number of imidazole rings is 3. The van der Waals surface area contributed by atoms with E-state index in [9.17, 15) is 43.2 Å². The molecule has 0 spiro atoms. The number of amides is 6. The van der Waals surface area contributed by atoms with E-state index in [2.05, 4.69) is 122 Å². The van der Waals surface area contributed by atoms with Crippen LogP contribution in [0, 0.1) is 35.5 Å². The second-order valence-electron chi connectivity index (χ2n) is 31.6. The Kier molecular flexibility index (Phi) is 29.0. The Morgan fingerprint density at radius 2 is 0.679 bits per heavy atom. The van der Waals surface area contributed by atoms with Crippen LogP contribution in [0.25, 0.3) is 67.6 Å². The topological polar surface area (TPSA) is 430 Å². The number of nitrogens with two attached hydrogens (primary N) is 3. The van der Waals surface area contributed by atoms with Crippen LogP contribution < -0.4 is 64.9 Å². The van der Waals surface area contributed by atoms with Crippen LogP contribution in [0.5, 0.6) is 0 Å². The minimum absolute atomic E-state index is 0.107. The smallest absolute Gasteiger partial charge is 0.339 e. The number of carbonyl (C=O) groups excluding carboxylic acids is 6. The van der Waals surface area contributed by atoms with Crippen molar-refractivity contribution in [3.63, 3.8) is 0 Å². The summed E-state index contributed by atoms with van der Waals surface area (Å²) in [6.07, 6.45) is 16.8. The highest BCUT2D eigenvalue weighted by molar-refractivity contribution is 6.08. The van der Waals surface area contributed by atoms with Crippen LogP contribution in [0.4, 0.5) is 52.0 Å². The molecule has 0 atom stereocenters. The van der Waals surface area contributed by atoms with E-state index >= 15 is 0 Å². The molecule has 9 aromatic heterocycles. The molecule has 6 amide bonds. The molecule has 6 aromatic carbocycles. The number of aromatic nitrogens is 15. The van der Waals surface area contributed by atoms with Crippen LogP contribution in [0.15, 0.2) is 234 Å². The van der Waals surface area contributed by atoms with Crippen LogP contribution >= 0.6 is 0 Å². The van der Waals surface area contributed by atoms with Crippen molar-refractivity contribution >= 4 is 121 Å². The summed E-state index contributed by atoms with van der Waals surface area (Å²) in [5, 5.41) is 8.49. The monoisotopic (exact) mass is 1790 g/mol. The number of anilines is 9. The number of hydrogen-bond donors (Lipinski definition) is 6. The maximum absolute atomic E-state index is 14.1. The molecule has 0 saturated heterocycles. The molecule has 676 valence electrons. The number of pyridine rings is 3. The van der Waals surface area contributed by atoms with Gasteiger partial charge in [0.15, 0.2) is 34.4 Å². The SMILES string of the molecule is CC#CC(=O)N(C)c1cccc(-n2c(=O)n(-c3ccc(C(=O)Nc4cc(CCC)ccn4)cc3)c3c(N)ncnc32)c1.CCCc1ccnc(NC(=O)c2ccc(-n3c(=O)n(-c4cccc(N(C)C(=O)C#CCN(C)C)c4)c4ncnc(N)c43)cc2)c1.CCCc1ccnc(NC(=O)c2ccc(-n3c(=O)n(-c4cccc(N(C)C(=O)C#CCN(C)C5CC5)c4)c4ncnc(N)c43)cc2)c1. The summed E-state index contributed by atoms with van der Waals surface area (Å²) in [6, 6.07) is 52.4. The maximum Gasteiger partial charge on any atom is 0.339 e. The lowest BCUT2D eigenvalue weighted by Crippen LogP contribution is -2.26. The van der Waals surface area contributed by atoms with Gasteiger partial charge in [0.05, 0.1) is 47.2 Å². The highest BCUT2D eigenvalue weighted by Crippen LogP contribution is 2.32. The van der Waals surface area contributed by atoms with Crippen molar-refractivity contribution in [1.82, 2.24) is 82.1 Å². The highest BCUT2D eigenvalue weighted by Gasteiger charge is 2.28. The number of nitrogens with zero attached hydrogens (tertiary/aromatic N) is 20. The van der Waals surface area contributed by atoms with Gasteiger partial charge in [-0.1, -0.05) is 76.0 Å². The van der Waals surface area contributed by atoms with E-state index in [0.717, 1.165) is 55.2 Å². The van der Waals surface area contributed by atoms with Gasteiger partial charge in [0.2, 0.25) is 0 Å². The fourth-order valence-corrected chi connectivity index (χ4v) is 14.8. The average molecular weight is 1790 g/mol. The quantitative estimate of drug-likeness (QED) is 0.0306. The predicted molar refractivity (Wildman–Crippen MR) is 519 cm³/mol. The lowest BCUT2D eigenvalue weighted by molar-refractivity contribution is -0.113. The Morgan fingerprint density at radius 1 is 0.373 bits per heavy atom.